The Hall–Kier alpha value is -1.70. The van der Waals surface area contributed by atoms with Gasteiger partial charge in [0.05, 0.1) is 12.0 Å². The second-order valence-corrected chi connectivity index (χ2v) is 8.89. The van der Waals surface area contributed by atoms with Crippen LogP contribution in [0.1, 0.15) is 5.56 Å². The maximum absolute atomic E-state index is 12.9. The minimum Gasteiger partial charge on any atom is -0.493 e. The lowest BCUT2D eigenvalue weighted by molar-refractivity contribution is 0.255. The summed E-state index contributed by atoms with van der Waals surface area (Å²) in [6.07, 6.45) is 0. The number of nitrogens with zero attached hydrogens (tertiary/aromatic N) is 1. The predicted molar refractivity (Wildman–Crippen MR) is 99.8 cm³/mol. The summed E-state index contributed by atoms with van der Waals surface area (Å²) in [5, 5.41) is -0.254. The Kier molecular flexibility index (Phi) is 5.56. The van der Waals surface area contributed by atoms with Crippen LogP contribution in [0.2, 0.25) is 0 Å². The molecule has 2 aromatic carbocycles. The molecule has 3 rings (SSSR count). The van der Waals surface area contributed by atoms with E-state index >= 15 is 0 Å². The molecular weight excluding hydrogens is 358 g/mol. The fourth-order valence-electron chi connectivity index (χ4n) is 2.66. The van der Waals surface area contributed by atoms with E-state index < -0.39 is 10.0 Å². The predicted octanol–water partition coefficient (Wildman–Crippen LogP) is 3.15. The molecule has 0 amide bonds. The van der Waals surface area contributed by atoms with E-state index in [1.54, 1.807) is 31.0 Å². The van der Waals surface area contributed by atoms with E-state index in [0.29, 0.717) is 22.9 Å². The SMILES string of the molecule is COc1ccccc1OCC1SCCN1S(=O)(=O)c1ccc(C)cc1. The number of methoxy groups -OCH3 is 1. The zero-order valence-corrected chi connectivity index (χ0v) is 15.8. The second-order valence-electron chi connectivity index (χ2n) is 5.72. The highest BCUT2D eigenvalue weighted by Crippen LogP contribution is 2.32. The van der Waals surface area contributed by atoms with Crippen molar-refractivity contribution in [2.75, 3.05) is 26.0 Å². The lowest BCUT2D eigenvalue weighted by Crippen LogP contribution is -2.38. The van der Waals surface area contributed by atoms with Gasteiger partial charge >= 0.3 is 0 Å². The molecule has 1 heterocycles. The van der Waals surface area contributed by atoms with Crippen molar-refractivity contribution in [2.24, 2.45) is 0 Å². The number of rotatable bonds is 6. The van der Waals surface area contributed by atoms with Gasteiger partial charge in [0.1, 0.15) is 12.0 Å². The average Bonchev–Trinajstić information content (AvgIpc) is 3.10. The molecule has 1 atom stereocenters. The molecule has 5 nitrogen and oxygen atoms in total. The van der Waals surface area contributed by atoms with Crippen LogP contribution in [0.4, 0.5) is 0 Å². The number of para-hydroxylation sites is 2. The standard InChI is InChI=1S/C18H21NO4S2/c1-14-7-9-15(10-8-14)25(20,21)19-11-12-24-18(19)13-23-17-6-4-3-5-16(17)22-2/h3-10,18H,11-13H2,1-2H3. The molecule has 25 heavy (non-hydrogen) atoms. The Morgan fingerprint density at radius 3 is 2.48 bits per heavy atom. The Morgan fingerprint density at radius 2 is 1.80 bits per heavy atom. The van der Waals surface area contributed by atoms with Crippen molar-refractivity contribution in [3.05, 3.63) is 54.1 Å². The van der Waals surface area contributed by atoms with Gasteiger partial charge in [0.25, 0.3) is 0 Å². The van der Waals surface area contributed by atoms with Crippen LogP contribution >= 0.6 is 11.8 Å². The van der Waals surface area contributed by atoms with Crippen molar-refractivity contribution < 1.29 is 17.9 Å². The van der Waals surface area contributed by atoms with Crippen LogP contribution in [-0.4, -0.2) is 44.1 Å². The summed E-state index contributed by atoms with van der Waals surface area (Å²) in [6, 6.07) is 14.3. The number of sulfonamides is 1. The number of hydrogen-bond acceptors (Lipinski definition) is 5. The van der Waals surface area contributed by atoms with Crippen LogP contribution in [-0.2, 0) is 10.0 Å². The van der Waals surface area contributed by atoms with Crippen LogP contribution in [0.15, 0.2) is 53.4 Å². The summed E-state index contributed by atoms with van der Waals surface area (Å²) in [6.45, 7) is 2.70. The van der Waals surface area contributed by atoms with Gasteiger partial charge in [-0.15, -0.1) is 11.8 Å². The van der Waals surface area contributed by atoms with Crippen LogP contribution in [0.5, 0.6) is 11.5 Å². The highest BCUT2D eigenvalue weighted by molar-refractivity contribution is 8.01. The van der Waals surface area contributed by atoms with Crippen molar-refractivity contribution in [3.63, 3.8) is 0 Å². The third-order valence-corrected chi connectivity index (χ3v) is 7.27. The van der Waals surface area contributed by atoms with Crippen LogP contribution in [0, 0.1) is 6.92 Å². The van der Waals surface area contributed by atoms with E-state index in [1.807, 2.05) is 43.3 Å². The molecule has 1 aliphatic rings. The topological polar surface area (TPSA) is 55.8 Å². The number of benzene rings is 2. The van der Waals surface area contributed by atoms with Crippen molar-refractivity contribution in [3.8, 4) is 11.5 Å². The van der Waals surface area contributed by atoms with E-state index in [4.69, 9.17) is 9.47 Å². The third kappa shape index (κ3) is 3.94. The van der Waals surface area contributed by atoms with E-state index in [-0.39, 0.29) is 12.0 Å². The summed E-state index contributed by atoms with van der Waals surface area (Å²) in [5.41, 5.74) is 1.03. The van der Waals surface area contributed by atoms with Crippen molar-refractivity contribution >= 4 is 21.8 Å². The molecule has 0 N–H and O–H groups in total. The molecule has 1 saturated heterocycles. The molecule has 0 radical (unpaired) electrons. The first kappa shape index (κ1) is 18.1. The highest BCUT2D eigenvalue weighted by atomic mass is 32.2. The maximum Gasteiger partial charge on any atom is 0.244 e. The molecule has 134 valence electrons. The maximum atomic E-state index is 12.9. The number of ether oxygens (including phenoxy) is 2. The van der Waals surface area contributed by atoms with Gasteiger partial charge in [0.2, 0.25) is 10.0 Å². The lowest BCUT2D eigenvalue weighted by atomic mass is 10.2. The van der Waals surface area contributed by atoms with Gasteiger partial charge in [-0.05, 0) is 31.2 Å². The molecular formula is C18H21NO4S2. The van der Waals surface area contributed by atoms with Crippen molar-refractivity contribution in [2.45, 2.75) is 17.2 Å². The molecule has 2 aromatic rings. The number of thioether (sulfide) groups is 1. The smallest absolute Gasteiger partial charge is 0.244 e. The number of hydrogen-bond donors (Lipinski definition) is 0. The molecule has 0 bridgehead atoms. The first-order valence-corrected chi connectivity index (χ1v) is 10.5. The first-order valence-electron chi connectivity index (χ1n) is 7.98. The summed E-state index contributed by atoms with van der Waals surface area (Å²) >= 11 is 1.59. The second kappa shape index (κ2) is 7.68. The summed E-state index contributed by atoms with van der Waals surface area (Å²) in [4.78, 5) is 0.322. The molecule has 1 aliphatic heterocycles. The Labute approximate surface area is 153 Å². The third-order valence-electron chi connectivity index (χ3n) is 4.02. The Morgan fingerprint density at radius 1 is 1.12 bits per heavy atom. The van der Waals surface area contributed by atoms with Crippen LogP contribution in [0.3, 0.4) is 0 Å². The zero-order valence-electron chi connectivity index (χ0n) is 14.2. The molecule has 0 aliphatic carbocycles. The summed E-state index contributed by atoms with van der Waals surface area (Å²) < 4.78 is 38.5. The Balaban J connectivity index is 1.75. The largest absolute Gasteiger partial charge is 0.493 e. The minimum atomic E-state index is -3.52. The van der Waals surface area contributed by atoms with E-state index in [9.17, 15) is 8.42 Å². The fourth-order valence-corrected chi connectivity index (χ4v) is 5.76. The first-order chi connectivity index (χ1) is 12.0. The molecule has 0 saturated carbocycles. The van der Waals surface area contributed by atoms with Gasteiger partial charge in [-0.1, -0.05) is 29.8 Å². The van der Waals surface area contributed by atoms with E-state index in [0.717, 1.165) is 11.3 Å². The number of aryl methyl sites for hydroxylation is 1. The van der Waals surface area contributed by atoms with Gasteiger partial charge in [0, 0.05) is 12.3 Å². The van der Waals surface area contributed by atoms with Gasteiger partial charge in [-0.3, -0.25) is 0 Å². The zero-order chi connectivity index (χ0) is 17.9. The van der Waals surface area contributed by atoms with E-state index in [1.165, 1.54) is 4.31 Å². The quantitative estimate of drug-likeness (QED) is 0.772. The summed E-state index contributed by atoms with van der Waals surface area (Å²) in [5.74, 6) is 2.01. The minimum absolute atomic E-state index is 0.254. The molecule has 0 spiro atoms. The van der Waals surface area contributed by atoms with Gasteiger partial charge in [-0.25, -0.2) is 8.42 Å². The molecule has 7 heteroatoms. The summed E-state index contributed by atoms with van der Waals surface area (Å²) in [7, 11) is -1.94. The van der Waals surface area contributed by atoms with Crippen molar-refractivity contribution in [1.82, 2.24) is 4.31 Å². The molecule has 1 unspecified atom stereocenters. The van der Waals surface area contributed by atoms with Crippen LogP contribution < -0.4 is 9.47 Å². The normalized spacial score (nSPS) is 18.2. The lowest BCUT2D eigenvalue weighted by Gasteiger charge is -2.23. The average molecular weight is 380 g/mol. The van der Waals surface area contributed by atoms with Gasteiger partial charge in [0.15, 0.2) is 11.5 Å². The Bertz CT molecular complexity index is 821. The van der Waals surface area contributed by atoms with Crippen LogP contribution in [0.25, 0.3) is 0 Å². The van der Waals surface area contributed by atoms with E-state index in [2.05, 4.69) is 0 Å². The fraction of sp³-hybridized carbons (Fsp3) is 0.333. The molecule has 0 aromatic heterocycles. The highest BCUT2D eigenvalue weighted by Gasteiger charge is 2.36. The van der Waals surface area contributed by atoms with Gasteiger partial charge in [-0.2, -0.15) is 4.31 Å². The van der Waals surface area contributed by atoms with Crippen molar-refractivity contribution in [1.29, 1.82) is 0 Å². The van der Waals surface area contributed by atoms with Gasteiger partial charge < -0.3 is 9.47 Å². The monoisotopic (exact) mass is 379 g/mol. The molecule has 1 fully saturated rings.